The minimum absolute atomic E-state index is 0.0258. The SMILES string of the molecule is C[C@@H](c1cccc(C(F)(F)F)c1)N(C(=O)c1nccc2ccccc12)C1CC1. The number of halogens is 3. The predicted molar refractivity (Wildman–Crippen MR) is 101 cm³/mol. The van der Waals surface area contributed by atoms with Gasteiger partial charge in [-0.3, -0.25) is 9.78 Å². The summed E-state index contributed by atoms with van der Waals surface area (Å²) in [5, 5.41) is 1.65. The fraction of sp³-hybridized carbons (Fsp3) is 0.273. The summed E-state index contributed by atoms with van der Waals surface area (Å²) in [6.07, 6.45) is -1.13. The molecule has 28 heavy (non-hydrogen) atoms. The Kier molecular flexibility index (Phi) is 4.57. The highest BCUT2D eigenvalue weighted by atomic mass is 19.4. The van der Waals surface area contributed by atoms with Crippen LogP contribution in [0, 0.1) is 0 Å². The first-order chi connectivity index (χ1) is 13.4. The molecule has 4 rings (SSSR count). The average molecular weight is 384 g/mol. The van der Waals surface area contributed by atoms with Gasteiger partial charge in [0.25, 0.3) is 5.91 Å². The van der Waals surface area contributed by atoms with Crippen LogP contribution in [-0.2, 0) is 6.18 Å². The van der Waals surface area contributed by atoms with Gasteiger partial charge < -0.3 is 4.90 Å². The molecule has 144 valence electrons. The quantitative estimate of drug-likeness (QED) is 0.585. The van der Waals surface area contributed by atoms with E-state index in [2.05, 4.69) is 4.98 Å². The van der Waals surface area contributed by atoms with E-state index in [0.29, 0.717) is 11.3 Å². The van der Waals surface area contributed by atoms with E-state index >= 15 is 0 Å². The number of amides is 1. The summed E-state index contributed by atoms with van der Waals surface area (Å²) in [7, 11) is 0. The Bertz CT molecular complexity index is 1020. The van der Waals surface area contributed by atoms with Crippen LogP contribution in [0.1, 0.15) is 47.4 Å². The normalized spacial score (nSPS) is 15.4. The van der Waals surface area contributed by atoms with Gasteiger partial charge in [0, 0.05) is 17.6 Å². The minimum atomic E-state index is -4.42. The zero-order valence-corrected chi connectivity index (χ0v) is 15.3. The molecule has 1 saturated carbocycles. The predicted octanol–water partition coefficient (Wildman–Crippen LogP) is 5.62. The van der Waals surface area contributed by atoms with Gasteiger partial charge in [-0.25, -0.2) is 0 Å². The van der Waals surface area contributed by atoms with Crippen LogP contribution in [0.5, 0.6) is 0 Å². The van der Waals surface area contributed by atoms with Gasteiger partial charge in [0.05, 0.1) is 11.6 Å². The van der Waals surface area contributed by atoms with Crippen LogP contribution in [0.3, 0.4) is 0 Å². The number of nitrogens with zero attached hydrogens (tertiary/aromatic N) is 2. The lowest BCUT2D eigenvalue weighted by Crippen LogP contribution is -2.36. The molecule has 1 atom stereocenters. The molecule has 1 aliphatic carbocycles. The van der Waals surface area contributed by atoms with E-state index < -0.39 is 17.8 Å². The molecule has 1 aliphatic rings. The van der Waals surface area contributed by atoms with Crippen molar-refractivity contribution in [3.63, 3.8) is 0 Å². The van der Waals surface area contributed by atoms with Crippen LogP contribution in [0.15, 0.2) is 60.8 Å². The van der Waals surface area contributed by atoms with Crippen molar-refractivity contribution in [3.8, 4) is 0 Å². The number of fused-ring (bicyclic) bond motifs is 1. The van der Waals surface area contributed by atoms with Gasteiger partial charge in [-0.1, -0.05) is 36.4 Å². The molecule has 0 aliphatic heterocycles. The number of hydrogen-bond donors (Lipinski definition) is 0. The highest BCUT2D eigenvalue weighted by Gasteiger charge is 2.38. The molecule has 0 unspecified atom stereocenters. The van der Waals surface area contributed by atoms with Crippen LogP contribution in [0.2, 0.25) is 0 Å². The highest BCUT2D eigenvalue weighted by molar-refractivity contribution is 6.05. The largest absolute Gasteiger partial charge is 0.416 e. The molecule has 0 radical (unpaired) electrons. The number of rotatable bonds is 4. The van der Waals surface area contributed by atoms with E-state index in [-0.39, 0.29) is 11.9 Å². The first kappa shape index (κ1) is 18.5. The third-order valence-corrected chi connectivity index (χ3v) is 5.16. The maximum atomic E-state index is 13.4. The standard InChI is InChI=1S/C22H19F3N2O/c1-14(16-6-4-7-17(13-16)22(23,24)25)27(18-9-10-18)21(28)20-19-8-3-2-5-15(19)11-12-26-20/h2-8,11-14,18H,9-10H2,1H3/t14-/m0/s1. The number of hydrogen-bond acceptors (Lipinski definition) is 2. The zero-order valence-electron chi connectivity index (χ0n) is 15.3. The second-order valence-electron chi connectivity index (χ2n) is 7.12. The van der Waals surface area contributed by atoms with E-state index in [0.717, 1.165) is 35.7 Å². The van der Waals surface area contributed by atoms with Crippen molar-refractivity contribution in [1.82, 2.24) is 9.88 Å². The topological polar surface area (TPSA) is 33.2 Å². The van der Waals surface area contributed by atoms with E-state index in [9.17, 15) is 18.0 Å². The van der Waals surface area contributed by atoms with E-state index in [1.165, 1.54) is 6.07 Å². The summed E-state index contributed by atoms with van der Waals surface area (Å²) in [5.41, 5.74) is 0.0995. The molecular formula is C22H19F3N2O. The van der Waals surface area contributed by atoms with Gasteiger partial charge >= 0.3 is 6.18 Å². The first-order valence-corrected chi connectivity index (χ1v) is 9.20. The molecule has 0 saturated heterocycles. The minimum Gasteiger partial charge on any atom is -0.328 e. The van der Waals surface area contributed by atoms with Crippen LogP contribution in [0.25, 0.3) is 10.8 Å². The lowest BCUT2D eigenvalue weighted by molar-refractivity contribution is -0.137. The second-order valence-corrected chi connectivity index (χ2v) is 7.12. The lowest BCUT2D eigenvalue weighted by atomic mass is 10.0. The van der Waals surface area contributed by atoms with Crippen molar-refractivity contribution >= 4 is 16.7 Å². The Morgan fingerprint density at radius 1 is 1.11 bits per heavy atom. The second kappa shape index (κ2) is 6.93. The van der Waals surface area contributed by atoms with Gasteiger partial charge in [-0.05, 0) is 48.9 Å². The number of carbonyl (C=O) groups excluding carboxylic acids is 1. The van der Waals surface area contributed by atoms with Crippen LogP contribution in [0.4, 0.5) is 13.2 Å². The average Bonchev–Trinajstić information content (AvgIpc) is 3.52. The number of benzene rings is 2. The number of alkyl halides is 3. The number of aromatic nitrogens is 1. The molecule has 3 aromatic rings. The third-order valence-electron chi connectivity index (χ3n) is 5.16. The van der Waals surface area contributed by atoms with Gasteiger partial charge in [-0.2, -0.15) is 13.2 Å². The zero-order chi connectivity index (χ0) is 19.9. The molecule has 1 aromatic heterocycles. The first-order valence-electron chi connectivity index (χ1n) is 9.20. The molecule has 1 fully saturated rings. The summed E-state index contributed by atoms with van der Waals surface area (Å²) < 4.78 is 39.3. The molecule has 2 aromatic carbocycles. The van der Waals surface area contributed by atoms with E-state index in [4.69, 9.17) is 0 Å². The Morgan fingerprint density at radius 2 is 1.86 bits per heavy atom. The molecule has 0 spiro atoms. The molecule has 0 bridgehead atoms. The Morgan fingerprint density at radius 3 is 2.57 bits per heavy atom. The molecule has 1 heterocycles. The highest BCUT2D eigenvalue weighted by Crippen LogP contribution is 2.38. The number of pyridine rings is 1. The summed E-state index contributed by atoms with van der Waals surface area (Å²) in [5.74, 6) is -0.246. The monoisotopic (exact) mass is 384 g/mol. The summed E-state index contributed by atoms with van der Waals surface area (Å²) in [4.78, 5) is 19.4. The fourth-order valence-corrected chi connectivity index (χ4v) is 3.56. The Hall–Kier alpha value is -2.89. The fourth-order valence-electron chi connectivity index (χ4n) is 3.56. The van der Waals surface area contributed by atoms with Crippen molar-refractivity contribution in [2.24, 2.45) is 0 Å². The van der Waals surface area contributed by atoms with Crippen molar-refractivity contribution in [3.05, 3.63) is 77.6 Å². The number of carbonyl (C=O) groups is 1. The van der Waals surface area contributed by atoms with E-state index in [1.807, 2.05) is 30.3 Å². The molecule has 3 nitrogen and oxygen atoms in total. The third kappa shape index (κ3) is 3.46. The summed E-state index contributed by atoms with van der Waals surface area (Å²) in [6.45, 7) is 1.77. The lowest BCUT2D eigenvalue weighted by Gasteiger charge is -2.30. The smallest absolute Gasteiger partial charge is 0.328 e. The Balaban J connectivity index is 1.72. The molecule has 6 heteroatoms. The maximum absolute atomic E-state index is 13.4. The van der Waals surface area contributed by atoms with Gasteiger partial charge in [0.2, 0.25) is 0 Å². The van der Waals surface area contributed by atoms with Crippen LogP contribution >= 0.6 is 0 Å². The Labute approximate surface area is 160 Å². The van der Waals surface area contributed by atoms with Gasteiger partial charge in [0.15, 0.2) is 0 Å². The van der Waals surface area contributed by atoms with Crippen molar-refractivity contribution in [2.45, 2.75) is 38.0 Å². The molecule has 1 amide bonds. The van der Waals surface area contributed by atoms with Gasteiger partial charge in [0.1, 0.15) is 5.69 Å². The van der Waals surface area contributed by atoms with Crippen molar-refractivity contribution in [1.29, 1.82) is 0 Å². The van der Waals surface area contributed by atoms with E-state index in [1.54, 1.807) is 24.1 Å². The van der Waals surface area contributed by atoms with Crippen molar-refractivity contribution < 1.29 is 18.0 Å². The molecule has 0 N–H and O–H groups in total. The van der Waals surface area contributed by atoms with Crippen LogP contribution < -0.4 is 0 Å². The van der Waals surface area contributed by atoms with Gasteiger partial charge in [-0.15, -0.1) is 0 Å². The summed E-state index contributed by atoms with van der Waals surface area (Å²) >= 11 is 0. The van der Waals surface area contributed by atoms with Crippen molar-refractivity contribution in [2.75, 3.05) is 0 Å². The molecular weight excluding hydrogens is 365 g/mol. The van der Waals surface area contributed by atoms with Crippen LogP contribution in [-0.4, -0.2) is 21.8 Å². The maximum Gasteiger partial charge on any atom is 0.416 e. The summed E-state index contributed by atoms with van der Waals surface area (Å²) in [6, 6.07) is 14.1.